The van der Waals surface area contributed by atoms with E-state index in [-0.39, 0.29) is 0 Å². The van der Waals surface area contributed by atoms with Crippen LogP contribution >= 0.6 is 0 Å². The smallest absolute Gasteiger partial charge is 0.150 e. The number of anilines is 1. The second-order valence-electron chi connectivity index (χ2n) is 4.43. The minimum atomic E-state index is 0.743. The standard InChI is InChI=1S/C15H23NO/c1-4-13(5-2)11-16(6-3)15-9-7-14(12-17)8-10-15/h7-10,12-13H,4-6,11H2,1-3H3. The highest BCUT2D eigenvalue weighted by molar-refractivity contribution is 5.75. The molecule has 2 nitrogen and oxygen atoms in total. The Labute approximate surface area is 105 Å². The van der Waals surface area contributed by atoms with Crippen molar-refractivity contribution in [3.05, 3.63) is 29.8 Å². The molecule has 0 aromatic heterocycles. The van der Waals surface area contributed by atoms with Crippen LogP contribution in [0.5, 0.6) is 0 Å². The molecule has 0 saturated heterocycles. The summed E-state index contributed by atoms with van der Waals surface area (Å²) in [5.74, 6) is 0.751. The molecule has 0 amide bonds. The van der Waals surface area contributed by atoms with Gasteiger partial charge in [-0.05, 0) is 37.1 Å². The first-order chi connectivity index (χ1) is 8.24. The van der Waals surface area contributed by atoms with Crippen molar-refractivity contribution in [1.82, 2.24) is 0 Å². The molecule has 0 fully saturated rings. The number of benzene rings is 1. The molecular formula is C15H23NO. The maximum Gasteiger partial charge on any atom is 0.150 e. The van der Waals surface area contributed by atoms with E-state index in [2.05, 4.69) is 25.7 Å². The van der Waals surface area contributed by atoms with Crippen molar-refractivity contribution in [2.45, 2.75) is 33.6 Å². The SMILES string of the molecule is CCC(CC)CN(CC)c1ccc(C=O)cc1. The monoisotopic (exact) mass is 233 g/mol. The van der Waals surface area contributed by atoms with Crippen LogP contribution in [0.15, 0.2) is 24.3 Å². The summed E-state index contributed by atoms with van der Waals surface area (Å²) in [6, 6.07) is 7.85. The summed E-state index contributed by atoms with van der Waals surface area (Å²) in [5, 5.41) is 0. The number of carbonyl (C=O) groups excluding carboxylic acids is 1. The molecular weight excluding hydrogens is 210 g/mol. The van der Waals surface area contributed by atoms with Crippen molar-refractivity contribution in [1.29, 1.82) is 0 Å². The van der Waals surface area contributed by atoms with Crippen molar-refractivity contribution < 1.29 is 4.79 Å². The predicted octanol–water partition coefficient (Wildman–Crippen LogP) is 3.76. The Morgan fingerprint density at radius 3 is 2.12 bits per heavy atom. The van der Waals surface area contributed by atoms with Crippen LogP contribution in [0, 0.1) is 5.92 Å². The first-order valence-electron chi connectivity index (χ1n) is 6.55. The van der Waals surface area contributed by atoms with Crippen LogP contribution in [0.25, 0.3) is 0 Å². The molecule has 1 aromatic rings. The van der Waals surface area contributed by atoms with E-state index < -0.39 is 0 Å². The molecule has 0 aliphatic carbocycles. The summed E-state index contributed by atoms with van der Waals surface area (Å²) < 4.78 is 0. The van der Waals surface area contributed by atoms with Gasteiger partial charge in [0.25, 0.3) is 0 Å². The van der Waals surface area contributed by atoms with Gasteiger partial charge in [0.15, 0.2) is 0 Å². The maximum absolute atomic E-state index is 10.6. The van der Waals surface area contributed by atoms with Crippen LogP contribution in [0.1, 0.15) is 44.0 Å². The van der Waals surface area contributed by atoms with Gasteiger partial charge in [-0.1, -0.05) is 26.7 Å². The Kier molecular flexibility index (Phi) is 5.75. The molecule has 17 heavy (non-hydrogen) atoms. The summed E-state index contributed by atoms with van der Waals surface area (Å²) in [4.78, 5) is 13.0. The van der Waals surface area contributed by atoms with Crippen LogP contribution in [0.4, 0.5) is 5.69 Å². The summed E-state index contributed by atoms with van der Waals surface area (Å²) in [5.41, 5.74) is 1.96. The van der Waals surface area contributed by atoms with Crippen LogP contribution in [0.2, 0.25) is 0 Å². The van der Waals surface area contributed by atoms with Gasteiger partial charge in [0, 0.05) is 24.3 Å². The zero-order valence-electron chi connectivity index (χ0n) is 11.1. The topological polar surface area (TPSA) is 20.3 Å². The van der Waals surface area contributed by atoms with Crippen molar-refractivity contribution in [3.63, 3.8) is 0 Å². The number of nitrogens with zero attached hydrogens (tertiary/aromatic N) is 1. The Morgan fingerprint density at radius 1 is 1.12 bits per heavy atom. The van der Waals surface area contributed by atoms with Crippen LogP contribution in [-0.2, 0) is 0 Å². The highest BCUT2D eigenvalue weighted by Crippen LogP contribution is 2.18. The molecule has 0 aliphatic heterocycles. The Hall–Kier alpha value is -1.31. The molecule has 0 unspecified atom stereocenters. The van der Waals surface area contributed by atoms with Gasteiger partial charge in [0.1, 0.15) is 6.29 Å². The molecule has 1 rings (SSSR count). The summed E-state index contributed by atoms with van der Waals surface area (Å²) in [6.45, 7) is 8.78. The molecule has 0 heterocycles. The molecule has 0 aliphatic rings. The summed E-state index contributed by atoms with van der Waals surface area (Å²) >= 11 is 0. The fraction of sp³-hybridized carbons (Fsp3) is 0.533. The van der Waals surface area contributed by atoms with Gasteiger partial charge < -0.3 is 4.90 Å². The first-order valence-corrected chi connectivity index (χ1v) is 6.55. The van der Waals surface area contributed by atoms with E-state index in [4.69, 9.17) is 0 Å². The van der Waals surface area contributed by atoms with E-state index in [1.54, 1.807) is 0 Å². The Bertz CT molecular complexity index is 327. The zero-order valence-corrected chi connectivity index (χ0v) is 11.1. The lowest BCUT2D eigenvalue weighted by atomic mass is 10.0. The first kappa shape index (κ1) is 13.8. The predicted molar refractivity (Wildman–Crippen MR) is 73.8 cm³/mol. The fourth-order valence-electron chi connectivity index (χ4n) is 2.04. The number of aldehydes is 1. The van der Waals surface area contributed by atoms with Gasteiger partial charge in [0.2, 0.25) is 0 Å². The van der Waals surface area contributed by atoms with E-state index in [1.807, 2.05) is 24.3 Å². The Balaban J connectivity index is 2.74. The van der Waals surface area contributed by atoms with Crippen molar-refractivity contribution in [2.75, 3.05) is 18.0 Å². The van der Waals surface area contributed by atoms with Crippen molar-refractivity contribution in [3.8, 4) is 0 Å². The van der Waals surface area contributed by atoms with Gasteiger partial charge in [0.05, 0.1) is 0 Å². The molecule has 0 N–H and O–H groups in total. The van der Waals surface area contributed by atoms with Crippen LogP contribution in [-0.4, -0.2) is 19.4 Å². The zero-order chi connectivity index (χ0) is 12.7. The van der Waals surface area contributed by atoms with Crippen LogP contribution < -0.4 is 4.90 Å². The normalized spacial score (nSPS) is 10.6. The van der Waals surface area contributed by atoms with E-state index >= 15 is 0 Å². The molecule has 0 bridgehead atoms. The highest BCUT2D eigenvalue weighted by Gasteiger charge is 2.10. The summed E-state index contributed by atoms with van der Waals surface area (Å²) in [6.07, 6.45) is 3.33. The molecule has 0 saturated carbocycles. The van der Waals surface area contributed by atoms with Gasteiger partial charge in [-0.2, -0.15) is 0 Å². The van der Waals surface area contributed by atoms with Gasteiger partial charge in [-0.15, -0.1) is 0 Å². The lowest BCUT2D eigenvalue weighted by Crippen LogP contribution is -2.28. The quantitative estimate of drug-likeness (QED) is 0.668. The molecule has 94 valence electrons. The molecule has 0 radical (unpaired) electrons. The average Bonchev–Trinajstić information content (AvgIpc) is 2.40. The Morgan fingerprint density at radius 2 is 1.71 bits per heavy atom. The molecule has 1 aromatic carbocycles. The molecule has 0 atom stereocenters. The number of rotatable bonds is 7. The van der Waals surface area contributed by atoms with E-state index in [0.29, 0.717) is 0 Å². The maximum atomic E-state index is 10.6. The van der Waals surface area contributed by atoms with Crippen molar-refractivity contribution in [2.24, 2.45) is 5.92 Å². The van der Waals surface area contributed by atoms with Crippen LogP contribution in [0.3, 0.4) is 0 Å². The van der Waals surface area contributed by atoms with Gasteiger partial charge >= 0.3 is 0 Å². The lowest BCUT2D eigenvalue weighted by molar-refractivity contribution is 0.112. The summed E-state index contributed by atoms with van der Waals surface area (Å²) in [7, 11) is 0. The molecule has 0 spiro atoms. The number of hydrogen-bond donors (Lipinski definition) is 0. The third kappa shape index (κ3) is 3.88. The minimum absolute atomic E-state index is 0.743. The largest absolute Gasteiger partial charge is 0.372 e. The fourth-order valence-corrected chi connectivity index (χ4v) is 2.04. The second-order valence-corrected chi connectivity index (χ2v) is 4.43. The molecule has 2 heteroatoms. The van der Waals surface area contributed by atoms with Gasteiger partial charge in [-0.3, -0.25) is 4.79 Å². The average molecular weight is 233 g/mol. The highest BCUT2D eigenvalue weighted by atomic mass is 16.1. The lowest BCUT2D eigenvalue weighted by Gasteiger charge is -2.27. The van der Waals surface area contributed by atoms with E-state index in [9.17, 15) is 4.79 Å². The second kappa shape index (κ2) is 7.10. The third-order valence-corrected chi connectivity index (χ3v) is 3.41. The number of hydrogen-bond acceptors (Lipinski definition) is 2. The minimum Gasteiger partial charge on any atom is -0.372 e. The van der Waals surface area contributed by atoms with E-state index in [1.165, 1.54) is 18.5 Å². The third-order valence-electron chi connectivity index (χ3n) is 3.41. The van der Waals surface area contributed by atoms with Crippen molar-refractivity contribution >= 4 is 12.0 Å². The van der Waals surface area contributed by atoms with Gasteiger partial charge in [-0.25, -0.2) is 0 Å². The van der Waals surface area contributed by atoms with E-state index in [0.717, 1.165) is 30.9 Å². The number of carbonyl (C=O) groups is 1.